The van der Waals surface area contributed by atoms with Crippen LogP contribution in [0, 0.1) is 13.8 Å². The summed E-state index contributed by atoms with van der Waals surface area (Å²) in [6.07, 6.45) is 3.65. The van der Waals surface area contributed by atoms with E-state index in [1.807, 2.05) is 38.4 Å². The van der Waals surface area contributed by atoms with Crippen LogP contribution in [0.2, 0.25) is 0 Å². The van der Waals surface area contributed by atoms with Gasteiger partial charge in [0, 0.05) is 34.9 Å². The van der Waals surface area contributed by atoms with Gasteiger partial charge in [-0.2, -0.15) is 0 Å². The maximum absolute atomic E-state index is 4.34. The first-order valence-corrected chi connectivity index (χ1v) is 6.70. The smallest absolute Gasteiger partial charge is 0.0450 e. The Bertz CT molecular complexity index is 666. The lowest BCUT2D eigenvalue weighted by atomic mass is 9.99. The second-order valence-electron chi connectivity index (χ2n) is 4.85. The molecule has 2 heteroatoms. The van der Waals surface area contributed by atoms with Crippen molar-refractivity contribution < 1.29 is 0 Å². The largest absolute Gasteiger partial charge is 0.261 e. The van der Waals surface area contributed by atoms with Crippen molar-refractivity contribution in [3.8, 4) is 22.3 Å². The molecule has 3 rings (SSSR count). The van der Waals surface area contributed by atoms with E-state index in [0.29, 0.717) is 0 Å². The number of nitrogens with zero attached hydrogens (tertiary/aromatic N) is 2. The molecule has 2 aromatic heterocycles. The monoisotopic (exact) mass is 260 g/mol. The minimum absolute atomic E-state index is 1.05. The van der Waals surface area contributed by atoms with Crippen molar-refractivity contribution in [2.24, 2.45) is 0 Å². The molecule has 0 radical (unpaired) electrons. The molecule has 98 valence electrons. The minimum Gasteiger partial charge on any atom is -0.261 e. The highest BCUT2D eigenvalue weighted by Gasteiger charge is 2.04. The molecule has 0 aliphatic carbocycles. The molecule has 0 saturated carbocycles. The van der Waals surface area contributed by atoms with E-state index in [1.54, 1.807) is 0 Å². The first-order valence-electron chi connectivity index (χ1n) is 6.70. The number of pyridine rings is 2. The molecule has 20 heavy (non-hydrogen) atoms. The van der Waals surface area contributed by atoms with Crippen LogP contribution in [-0.2, 0) is 0 Å². The Kier molecular flexibility index (Phi) is 3.30. The zero-order valence-electron chi connectivity index (χ0n) is 11.7. The van der Waals surface area contributed by atoms with E-state index in [1.165, 1.54) is 22.3 Å². The van der Waals surface area contributed by atoms with Gasteiger partial charge >= 0.3 is 0 Å². The normalized spacial score (nSPS) is 10.5. The van der Waals surface area contributed by atoms with Gasteiger partial charge in [-0.25, -0.2) is 0 Å². The molecule has 0 atom stereocenters. The third kappa shape index (κ3) is 2.32. The average molecular weight is 260 g/mol. The van der Waals surface area contributed by atoms with Crippen LogP contribution in [0.25, 0.3) is 22.3 Å². The number of aryl methyl sites for hydroxylation is 2. The van der Waals surface area contributed by atoms with E-state index < -0.39 is 0 Å². The van der Waals surface area contributed by atoms with Gasteiger partial charge in [0.1, 0.15) is 0 Å². The SMILES string of the molecule is Cc1ncccc1-c1ccc(-c2cccnc2C)cc1. The van der Waals surface area contributed by atoms with Gasteiger partial charge in [0.2, 0.25) is 0 Å². The van der Waals surface area contributed by atoms with E-state index in [2.05, 4.69) is 46.4 Å². The third-order valence-corrected chi connectivity index (χ3v) is 3.52. The van der Waals surface area contributed by atoms with Gasteiger partial charge < -0.3 is 0 Å². The first-order chi connectivity index (χ1) is 9.75. The number of benzene rings is 1. The van der Waals surface area contributed by atoms with Crippen molar-refractivity contribution in [3.05, 3.63) is 72.3 Å². The molecular weight excluding hydrogens is 244 g/mol. The Morgan fingerprint density at radius 2 is 1.00 bits per heavy atom. The summed E-state index contributed by atoms with van der Waals surface area (Å²) in [5.74, 6) is 0. The van der Waals surface area contributed by atoms with Gasteiger partial charge in [0.05, 0.1) is 0 Å². The Labute approximate surface area is 119 Å². The van der Waals surface area contributed by atoms with E-state index in [-0.39, 0.29) is 0 Å². The van der Waals surface area contributed by atoms with Gasteiger partial charge in [-0.15, -0.1) is 0 Å². The van der Waals surface area contributed by atoms with Gasteiger partial charge in [0.25, 0.3) is 0 Å². The van der Waals surface area contributed by atoms with Crippen LogP contribution in [0.1, 0.15) is 11.4 Å². The molecule has 3 aromatic rings. The highest BCUT2D eigenvalue weighted by molar-refractivity contribution is 5.72. The van der Waals surface area contributed by atoms with Crippen molar-refractivity contribution >= 4 is 0 Å². The summed E-state index contributed by atoms with van der Waals surface area (Å²) in [7, 11) is 0. The molecule has 0 aliphatic heterocycles. The summed E-state index contributed by atoms with van der Waals surface area (Å²) >= 11 is 0. The van der Waals surface area contributed by atoms with Crippen molar-refractivity contribution in [1.82, 2.24) is 9.97 Å². The molecule has 0 bridgehead atoms. The number of hydrogen-bond donors (Lipinski definition) is 0. The van der Waals surface area contributed by atoms with E-state index in [0.717, 1.165) is 11.4 Å². The fourth-order valence-corrected chi connectivity index (χ4v) is 2.41. The molecule has 1 aromatic carbocycles. The Balaban J connectivity index is 2.01. The minimum atomic E-state index is 1.05. The van der Waals surface area contributed by atoms with E-state index in [4.69, 9.17) is 0 Å². The summed E-state index contributed by atoms with van der Waals surface area (Å²) in [5, 5.41) is 0. The molecule has 0 spiro atoms. The van der Waals surface area contributed by atoms with Crippen LogP contribution in [0.4, 0.5) is 0 Å². The van der Waals surface area contributed by atoms with Crippen molar-refractivity contribution in [2.45, 2.75) is 13.8 Å². The second kappa shape index (κ2) is 5.25. The molecule has 0 unspecified atom stereocenters. The van der Waals surface area contributed by atoms with Crippen molar-refractivity contribution in [2.75, 3.05) is 0 Å². The van der Waals surface area contributed by atoms with Crippen LogP contribution >= 0.6 is 0 Å². The lowest BCUT2D eigenvalue weighted by molar-refractivity contribution is 1.20. The van der Waals surface area contributed by atoms with Gasteiger partial charge in [-0.3, -0.25) is 9.97 Å². The first kappa shape index (κ1) is 12.5. The highest BCUT2D eigenvalue weighted by atomic mass is 14.7. The standard InChI is InChI=1S/C18H16N2/c1-13-17(5-3-11-19-13)15-7-9-16(10-8-15)18-6-4-12-20-14(18)2/h3-12H,1-2H3. The van der Waals surface area contributed by atoms with E-state index in [9.17, 15) is 0 Å². The quantitative estimate of drug-likeness (QED) is 0.681. The predicted octanol–water partition coefficient (Wildman–Crippen LogP) is 4.43. The van der Waals surface area contributed by atoms with Crippen LogP contribution < -0.4 is 0 Å². The fraction of sp³-hybridized carbons (Fsp3) is 0.111. The van der Waals surface area contributed by atoms with Gasteiger partial charge in [-0.1, -0.05) is 36.4 Å². The molecule has 2 nitrogen and oxygen atoms in total. The molecule has 0 aliphatic rings. The molecule has 0 amide bonds. The molecule has 0 fully saturated rings. The summed E-state index contributed by atoms with van der Waals surface area (Å²) in [6.45, 7) is 4.07. The van der Waals surface area contributed by atoms with Crippen LogP contribution in [0.15, 0.2) is 60.9 Å². The van der Waals surface area contributed by atoms with Gasteiger partial charge in [0.15, 0.2) is 0 Å². The number of hydrogen-bond acceptors (Lipinski definition) is 2. The Hall–Kier alpha value is -2.48. The lowest BCUT2D eigenvalue weighted by Crippen LogP contribution is -1.88. The van der Waals surface area contributed by atoms with Gasteiger partial charge in [-0.05, 0) is 37.1 Å². The second-order valence-corrected chi connectivity index (χ2v) is 4.85. The molecule has 2 heterocycles. The zero-order valence-corrected chi connectivity index (χ0v) is 11.7. The van der Waals surface area contributed by atoms with Crippen LogP contribution in [-0.4, -0.2) is 9.97 Å². The average Bonchev–Trinajstić information content (AvgIpc) is 2.49. The Morgan fingerprint density at radius 3 is 1.35 bits per heavy atom. The van der Waals surface area contributed by atoms with Crippen LogP contribution in [0.3, 0.4) is 0 Å². The summed E-state index contributed by atoms with van der Waals surface area (Å²) in [5.41, 5.74) is 6.86. The van der Waals surface area contributed by atoms with Crippen molar-refractivity contribution in [1.29, 1.82) is 0 Å². The Morgan fingerprint density at radius 1 is 0.600 bits per heavy atom. The lowest BCUT2D eigenvalue weighted by Gasteiger charge is -2.08. The van der Waals surface area contributed by atoms with Crippen LogP contribution in [0.5, 0.6) is 0 Å². The zero-order chi connectivity index (χ0) is 13.9. The highest BCUT2D eigenvalue weighted by Crippen LogP contribution is 2.27. The predicted molar refractivity (Wildman–Crippen MR) is 82.4 cm³/mol. The molecule has 0 N–H and O–H groups in total. The maximum atomic E-state index is 4.34. The summed E-state index contributed by atoms with van der Waals surface area (Å²) in [4.78, 5) is 8.68. The fourth-order valence-electron chi connectivity index (χ4n) is 2.41. The van der Waals surface area contributed by atoms with E-state index >= 15 is 0 Å². The maximum Gasteiger partial charge on any atom is 0.0450 e. The summed E-state index contributed by atoms with van der Waals surface area (Å²) < 4.78 is 0. The number of rotatable bonds is 2. The molecular formula is C18H16N2. The number of aromatic nitrogens is 2. The summed E-state index contributed by atoms with van der Waals surface area (Å²) in [6, 6.07) is 16.7. The topological polar surface area (TPSA) is 25.8 Å². The van der Waals surface area contributed by atoms with Crippen molar-refractivity contribution in [3.63, 3.8) is 0 Å². The molecule has 0 saturated heterocycles. The third-order valence-electron chi connectivity index (χ3n) is 3.52.